The van der Waals surface area contributed by atoms with Gasteiger partial charge in [0, 0.05) is 0 Å². The van der Waals surface area contributed by atoms with Crippen molar-refractivity contribution in [3.05, 3.63) is 125 Å². The second-order valence-electron chi connectivity index (χ2n) is 9.29. The Labute approximate surface area is 229 Å². The Morgan fingerprint density at radius 1 is 0.795 bits per heavy atom. The molecule has 4 rings (SSSR count). The molecule has 4 aromatic carbocycles. The lowest BCUT2D eigenvalue weighted by atomic mass is 10.1. The van der Waals surface area contributed by atoms with Gasteiger partial charge >= 0.3 is 0 Å². The van der Waals surface area contributed by atoms with E-state index < -0.39 is 22.5 Å². The van der Waals surface area contributed by atoms with E-state index in [9.17, 15) is 18.0 Å². The maximum absolute atomic E-state index is 13.6. The Morgan fingerprint density at radius 2 is 1.41 bits per heavy atom. The molecule has 0 unspecified atom stereocenters. The lowest BCUT2D eigenvalue weighted by molar-refractivity contribution is -0.114. The molecular formula is C31H31N3O4S. The van der Waals surface area contributed by atoms with E-state index in [0.29, 0.717) is 5.69 Å². The van der Waals surface area contributed by atoms with E-state index in [2.05, 4.69) is 10.6 Å². The van der Waals surface area contributed by atoms with Gasteiger partial charge in [-0.1, -0.05) is 66.7 Å². The summed E-state index contributed by atoms with van der Waals surface area (Å²) in [6.45, 7) is 5.22. The smallest absolute Gasteiger partial charge is 0.264 e. The molecule has 4 aromatic rings. The second-order valence-corrected chi connectivity index (χ2v) is 11.2. The van der Waals surface area contributed by atoms with Gasteiger partial charge < -0.3 is 10.6 Å². The van der Waals surface area contributed by atoms with Gasteiger partial charge in [0.2, 0.25) is 5.91 Å². The predicted octanol–water partition coefficient (Wildman–Crippen LogP) is 5.63. The molecular weight excluding hydrogens is 510 g/mol. The monoisotopic (exact) mass is 541 g/mol. The first kappa shape index (κ1) is 27.6. The number of rotatable bonds is 9. The van der Waals surface area contributed by atoms with E-state index in [1.165, 1.54) is 12.1 Å². The lowest BCUT2D eigenvalue weighted by Gasteiger charge is -2.25. The highest BCUT2D eigenvalue weighted by molar-refractivity contribution is 7.92. The number of carbonyl (C=O) groups excluding carboxylic acids is 2. The van der Waals surface area contributed by atoms with Gasteiger partial charge in [-0.3, -0.25) is 13.9 Å². The van der Waals surface area contributed by atoms with Gasteiger partial charge in [0.25, 0.3) is 15.9 Å². The fourth-order valence-corrected chi connectivity index (χ4v) is 5.56. The minimum atomic E-state index is -4.05. The number of amides is 2. The van der Waals surface area contributed by atoms with Gasteiger partial charge in [0.05, 0.1) is 27.9 Å². The molecule has 2 N–H and O–H groups in total. The Bertz CT molecular complexity index is 1570. The minimum Gasteiger partial charge on any atom is -0.345 e. The van der Waals surface area contributed by atoms with E-state index >= 15 is 0 Å². The van der Waals surface area contributed by atoms with E-state index in [0.717, 1.165) is 21.0 Å². The Hall–Kier alpha value is -4.43. The summed E-state index contributed by atoms with van der Waals surface area (Å²) < 4.78 is 28.3. The average molecular weight is 542 g/mol. The van der Waals surface area contributed by atoms with Gasteiger partial charge in [0.15, 0.2) is 0 Å². The van der Waals surface area contributed by atoms with Crippen LogP contribution in [0.1, 0.15) is 40.0 Å². The first-order valence-electron chi connectivity index (χ1n) is 12.6. The van der Waals surface area contributed by atoms with Crippen molar-refractivity contribution in [2.24, 2.45) is 0 Å². The minimum absolute atomic E-state index is 0.0747. The van der Waals surface area contributed by atoms with Gasteiger partial charge in [-0.15, -0.1) is 0 Å². The van der Waals surface area contributed by atoms with Gasteiger partial charge in [-0.25, -0.2) is 8.42 Å². The van der Waals surface area contributed by atoms with E-state index in [4.69, 9.17) is 0 Å². The largest absolute Gasteiger partial charge is 0.345 e. The zero-order chi connectivity index (χ0) is 28.0. The van der Waals surface area contributed by atoms with Crippen LogP contribution in [0.5, 0.6) is 0 Å². The number of hydrogen-bond acceptors (Lipinski definition) is 4. The summed E-state index contributed by atoms with van der Waals surface area (Å²) in [5.74, 6) is -0.936. The molecule has 39 heavy (non-hydrogen) atoms. The molecule has 0 saturated carbocycles. The number of nitrogens with zero attached hydrogens (tertiary/aromatic N) is 1. The number of anilines is 2. The number of nitrogens with one attached hydrogen (secondary N) is 2. The zero-order valence-electron chi connectivity index (χ0n) is 22.1. The molecule has 7 nitrogen and oxygen atoms in total. The maximum atomic E-state index is 13.6. The molecule has 0 spiro atoms. The quantitative estimate of drug-likeness (QED) is 0.287. The molecule has 0 bridgehead atoms. The third-order valence-corrected chi connectivity index (χ3v) is 8.28. The van der Waals surface area contributed by atoms with Crippen LogP contribution in [0, 0.1) is 13.8 Å². The fraction of sp³-hybridized carbons (Fsp3) is 0.161. The van der Waals surface area contributed by atoms with Crippen molar-refractivity contribution in [2.45, 2.75) is 31.7 Å². The Morgan fingerprint density at radius 3 is 2.08 bits per heavy atom. The van der Waals surface area contributed by atoms with Gasteiger partial charge in [-0.2, -0.15) is 0 Å². The fourth-order valence-electron chi connectivity index (χ4n) is 4.13. The van der Waals surface area contributed by atoms with Crippen LogP contribution in [-0.4, -0.2) is 26.8 Å². The standard InChI is InChI=1S/C31H31N3O4S/c1-22-18-19-26(20-23(22)2)34(39(37,38)27-14-8-5-9-15-27)21-30(35)33-29-17-11-10-16-28(29)31(36)32-24(3)25-12-6-4-7-13-25/h4-20,24H,21H2,1-3H3,(H,32,36)(H,33,35)/t24-/m1/s1. The predicted molar refractivity (Wildman–Crippen MR) is 154 cm³/mol. The summed E-state index contributed by atoms with van der Waals surface area (Å²) >= 11 is 0. The van der Waals surface area contributed by atoms with E-state index in [1.54, 1.807) is 54.6 Å². The lowest BCUT2D eigenvalue weighted by Crippen LogP contribution is -2.38. The molecule has 8 heteroatoms. The van der Waals surface area contributed by atoms with Crippen molar-refractivity contribution in [1.82, 2.24) is 5.32 Å². The number of carbonyl (C=O) groups is 2. The molecule has 0 aliphatic carbocycles. The first-order valence-corrected chi connectivity index (χ1v) is 14.0. The Kier molecular flexibility index (Phi) is 8.46. The summed E-state index contributed by atoms with van der Waals surface area (Å²) in [5, 5.41) is 5.70. The van der Waals surface area contributed by atoms with Crippen molar-refractivity contribution < 1.29 is 18.0 Å². The highest BCUT2D eigenvalue weighted by Gasteiger charge is 2.28. The van der Waals surface area contributed by atoms with Crippen LogP contribution < -0.4 is 14.9 Å². The summed E-state index contributed by atoms with van der Waals surface area (Å²) in [5.41, 5.74) is 3.79. The van der Waals surface area contributed by atoms with Crippen LogP contribution in [0.25, 0.3) is 0 Å². The number of para-hydroxylation sites is 1. The van der Waals surface area contributed by atoms with E-state index in [-0.39, 0.29) is 28.1 Å². The summed E-state index contributed by atoms with van der Waals surface area (Å²) in [6, 6.07) is 29.2. The van der Waals surface area contributed by atoms with Gasteiger partial charge in [-0.05, 0) is 73.9 Å². The topological polar surface area (TPSA) is 95.6 Å². The van der Waals surface area contributed by atoms with Crippen molar-refractivity contribution in [3.63, 3.8) is 0 Å². The van der Waals surface area contributed by atoms with Crippen LogP contribution in [0.15, 0.2) is 108 Å². The van der Waals surface area contributed by atoms with Crippen LogP contribution in [0.4, 0.5) is 11.4 Å². The number of benzene rings is 4. The molecule has 0 radical (unpaired) electrons. The SMILES string of the molecule is Cc1ccc(N(CC(=O)Nc2ccccc2C(=O)N[C@H](C)c2ccccc2)S(=O)(=O)c2ccccc2)cc1C. The van der Waals surface area contributed by atoms with E-state index in [1.807, 2.05) is 57.2 Å². The van der Waals surface area contributed by atoms with Gasteiger partial charge in [0.1, 0.15) is 6.54 Å². The van der Waals surface area contributed by atoms with Crippen LogP contribution in [-0.2, 0) is 14.8 Å². The molecule has 0 fully saturated rings. The van der Waals surface area contributed by atoms with Crippen LogP contribution >= 0.6 is 0 Å². The molecule has 200 valence electrons. The number of hydrogen-bond donors (Lipinski definition) is 2. The van der Waals surface area contributed by atoms with Crippen molar-refractivity contribution in [2.75, 3.05) is 16.2 Å². The van der Waals surface area contributed by atoms with Crippen LogP contribution in [0.2, 0.25) is 0 Å². The highest BCUT2D eigenvalue weighted by Crippen LogP contribution is 2.26. The molecule has 0 aliphatic rings. The third kappa shape index (κ3) is 6.53. The first-order chi connectivity index (χ1) is 18.7. The highest BCUT2D eigenvalue weighted by atomic mass is 32.2. The summed E-state index contributed by atoms with van der Waals surface area (Å²) in [6.07, 6.45) is 0. The van der Waals surface area contributed by atoms with Crippen molar-refractivity contribution in [3.8, 4) is 0 Å². The normalized spacial score (nSPS) is 11.9. The molecule has 0 aliphatic heterocycles. The summed E-state index contributed by atoms with van der Waals surface area (Å²) in [4.78, 5) is 26.5. The van der Waals surface area contributed by atoms with Crippen molar-refractivity contribution >= 4 is 33.2 Å². The average Bonchev–Trinajstić information content (AvgIpc) is 2.94. The van der Waals surface area contributed by atoms with Crippen molar-refractivity contribution in [1.29, 1.82) is 0 Å². The molecule has 2 amide bonds. The zero-order valence-corrected chi connectivity index (χ0v) is 22.9. The molecule has 0 aromatic heterocycles. The Balaban J connectivity index is 1.59. The number of aryl methyl sites for hydroxylation is 2. The maximum Gasteiger partial charge on any atom is 0.264 e. The van der Waals surface area contributed by atoms with Crippen LogP contribution in [0.3, 0.4) is 0 Å². The molecule has 1 atom stereocenters. The molecule has 0 heterocycles. The number of sulfonamides is 1. The molecule has 0 saturated heterocycles. The second kappa shape index (κ2) is 12.0. The third-order valence-electron chi connectivity index (χ3n) is 6.49. The summed E-state index contributed by atoms with van der Waals surface area (Å²) in [7, 11) is -4.05.